The number of hydrogen-bond acceptors (Lipinski definition) is 2. The van der Waals surface area contributed by atoms with E-state index in [1.807, 2.05) is 0 Å². The van der Waals surface area contributed by atoms with Gasteiger partial charge in [-0.25, -0.2) is 4.57 Å². The molecule has 1 fully saturated rings. The standard InChI is InChI=1S/C35H36NO2/c1-20(2)17-30-26-10-9-21(3)18-28(26)22(4)32-34-33-27(11-14-36(34)5)25-8-6-7-24(23-12-15-37-16-13-23)29(25)19-31(33)38-35(30)32/h6-11,14,18-20,23H,12-13,15-17H2,1-5H3/q+1. The predicted octanol–water partition coefficient (Wildman–Crippen LogP) is 8.45. The Morgan fingerprint density at radius 1 is 0.895 bits per heavy atom. The van der Waals surface area contributed by atoms with Crippen LogP contribution in [-0.4, -0.2) is 13.2 Å². The van der Waals surface area contributed by atoms with E-state index in [4.69, 9.17) is 9.47 Å². The summed E-state index contributed by atoms with van der Waals surface area (Å²) in [4.78, 5) is 0. The fraction of sp³-hybridized carbons (Fsp3) is 0.343. The molecule has 0 bridgehead atoms. The maximum atomic E-state index is 7.07. The Bertz CT molecular complexity index is 1760. The summed E-state index contributed by atoms with van der Waals surface area (Å²) < 4.78 is 15.1. The molecule has 0 atom stereocenters. The first kappa shape index (κ1) is 23.7. The van der Waals surface area contributed by atoms with Crippen LogP contribution in [0.3, 0.4) is 0 Å². The molecular formula is C35H36NO2+. The van der Waals surface area contributed by atoms with Crippen LogP contribution in [0.1, 0.15) is 54.9 Å². The number of aromatic nitrogens is 1. The molecule has 1 aromatic heterocycles. The van der Waals surface area contributed by atoms with Crippen molar-refractivity contribution in [1.29, 1.82) is 0 Å². The molecule has 0 unspecified atom stereocenters. The van der Waals surface area contributed by atoms with Crippen LogP contribution in [0.4, 0.5) is 0 Å². The highest BCUT2D eigenvalue weighted by Crippen LogP contribution is 2.53. The molecule has 192 valence electrons. The van der Waals surface area contributed by atoms with Gasteiger partial charge in [-0.15, -0.1) is 0 Å². The summed E-state index contributed by atoms with van der Waals surface area (Å²) in [6.07, 6.45) is 5.37. The van der Waals surface area contributed by atoms with Crippen LogP contribution >= 0.6 is 0 Å². The van der Waals surface area contributed by atoms with E-state index in [1.54, 1.807) is 0 Å². The molecule has 0 aliphatic carbocycles. The van der Waals surface area contributed by atoms with Gasteiger partial charge in [0.15, 0.2) is 6.20 Å². The number of rotatable bonds is 3. The van der Waals surface area contributed by atoms with Crippen molar-refractivity contribution in [2.24, 2.45) is 13.0 Å². The van der Waals surface area contributed by atoms with E-state index in [1.165, 1.54) is 65.8 Å². The summed E-state index contributed by atoms with van der Waals surface area (Å²) in [7, 11) is 2.18. The van der Waals surface area contributed by atoms with Crippen LogP contribution in [0.15, 0.2) is 54.7 Å². The zero-order valence-corrected chi connectivity index (χ0v) is 23.2. The highest BCUT2D eigenvalue weighted by Gasteiger charge is 2.34. The molecule has 1 saturated heterocycles. The minimum atomic E-state index is 0.526. The van der Waals surface area contributed by atoms with Gasteiger partial charge in [-0.3, -0.25) is 0 Å². The second-order valence-electron chi connectivity index (χ2n) is 11.8. The fourth-order valence-corrected chi connectivity index (χ4v) is 6.98. The molecule has 2 aliphatic rings. The SMILES string of the molecule is Cc1ccc2c(CC(C)C)c3c(c(C)c2c1)-c1c2c(cc4c(C5CCOCC5)cccc4c2cc[n+]1C)O3. The molecule has 0 saturated carbocycles. The van der Waals surface area contributed by atoms with Gasteiger partial charge >= 0.3 is 0 Å². The monoisotopic (exact) mass is 502 g/mol. The normalized spacial score (nSPS) is 15.4. The summed E-state index contributed by atoms with van der Waals surface area (Å²) in [5, 5.41) is 7.81. The molecule has 4 aromatic carbocycles. The molecule has 0 radical (unpaired) electrons. The van der Waals surface area contributed by atoms with Gasteiger partial charge in [-0.1, -0.05) is 55.8 Å². The quantitative estimate of drug-likeness (QED) is 0.179. The molecule has 38 heavy (non-hydrogen) atoms. The second kappa shape index (κ2) is 8.81. The first-order chi connectivity index (χ1) is 18.4. The Kier molecular flexibility index (Phi) is 5.49. The summed E-state index contributed by atoms with van der Waals surface area (Å²) in [5.41, 5.74) is 7.87. The lowest BCUT2D eigenvalue weighted by molar-refractivity contribution is -0.659. The highest BCUT2D eigenvalue weighted by molar-refractivity contribution is 6.17. The van der Waals surface area contributed by atoms with Crippen LogP contribution in [0.2, 0.25) is 0 Å². The summed E-state index contributed by atoms with van der Waals surface area (Å²) in [6, 6.07) is 18.4. The molecule has 0 N–H and O–H groups in total. The van der Waals surface area contributed by atoms with Gasteiger partial charge in [-0.05, 0) is 83.7 Å². The second-order valence-corrected chi connectivity index (χ2v) is 11.8. The van der Waals surface area contributed by atoms with Crippen LogP contribution in [0.5, 0.6) is 11.5 Å². The van der Waals surface area contributed by atoms with E-state index in [9.17, 15) is 0 Å². The topological polar surface area (TPSA) is 22.3 Å². The average Bonchev–Trinajstić information content (AvgIpc) is 2.92. The van der Waals surface area contributed by atoms with Crippen LogP contribution in [0, 0.1) is 19.8 Å². The third-order valence-corrected chi connectivity index (χ3v) is 8.78. The van der Waals surface area contributed by atoms with E-state index in [0.717, 1.165) is 44.0 Å². The molecular weight excluding hydrogens is 466 g/mol. The van der Waals surface area contributed by atoms with Gasteiger partial charge in [0.1, 0.15) is 18.5 Å². The molecule has 3 heterocycles. The van der Waals surface area contributed by atoms with E-state index < -0.39 is 0 Å². The van der Waals surface area contributed by atoms with Crippen molar-refractivity contribution in [3.05, 3.63) is 77.0 Å². The maximum Gasteiger partial charge on any atom is 0.228 e. The van der Waals surface area contributed by atoms with Crippen molar-refractivity contribution in [3.63, 3.8) is 0 Å². The number of ether oxygens (including phenoxy) is 2. The van der Waals surface area contributed by atoms with Gasteiger partial charge < -0.3 is 9.47 Å². The zero-order chi connectivity index (χ0) is 26.1. The van der Waals surface area contributed by atoms with Crippen molar-refractivity contribution in [2.45, 2.75) is 52.9 Å². The Hall–Kier alpha value is -3.43. The Morgan fingerprint density at radius 2 is 1.71 bits per heavy atom. The molecule has 3 nitrogen and oxygen atoms in total. The third-order valence-electron chi connectivity index (χ3n) is 8.78. The van der Waals surface area contributed by atoms with Crippen molar-refractivity contribution in [3.8, 4) is 22.8 Å². The van der Waals surface area contributed by atoms with Crippen LogP contribution in [0.25, 0.3) is 43.6 Å². The van der Waals surface area contributed by atoms with Crippen LogP contribution < -0.4 is 9.30 Å². The maximum absolute atomic E-state index is 7.07. The van der Waals surface area contributed by atoms with E-state index >= 15 is 0 Å². The van der Waals surface area contributed by atoms with Crippen molar-refractivity contribution < 1.29 is 14.0 Å². The number of hydrogen-bond donors (Lipinski definition) is 0. The van der Waals surface area contributed by atoms with Gasteiger partial charge in [0.2, 0.25) is 5.69 Å². The van der Waals surface area contributed by atoms with Gasteiger partial charge in [0.05, 0.1) is 10.9 Å². The number of aryl methyl sites for hydroxylation is 3. The first-order valence-electron chi connectivity index (χ1n) is 14.1. The largest absolute Gasteiger partial charge is 0.455 e. The Labute approximate surface area is 225 Å². The minimum Gasteiger partial charge on any atom is -0.455 e. The number of nitrogens with zero attached hydrogens (tertiary/aromatic N) is 1. The average molecular weight is 503 g/mol. The first-order valence-corrected chi connectivity index (χ1v) is 14.1. The lowest BCUT2D eigenvalue weighted by Crippen LogP contribution is -2.32. The van der Waals surface area contributed by atoms with E-state index in [-0.39, 0.29) is 0 Å². The minimum absolute atomic E-state index is 0.526. The van der Waals surface area contributed by atoms with E-state index in [2.05, 4.69) is 94.0 Å². The number of fused-ring (bicyclic) bond motifs is 5. The molecule has 5 aromatic rings. The summed E-state index contributed by atoms with van der Waals surface area (Å²) in [6.45, 7) is 10.8. The molecule has 3 heteroatoms. The number of benzene rings is 4. The molecule has 2 aliphatic heterocycles. The summed E-state index contributed by atoms with van der Waals surface area (Å²) in [5.74, 6) is 3.09. The van der Waals surface area contributed by atoms with Gasteiger partial charge in [0, 0.05) is 30.2 Å². The Morgan fingerprint density at radius 3 is 2.50 bits per heavy atom. The van der Waals surface area contributed by atoms with Crippen LogP contribution in [-0.2, 0) is 18.2 Å². The highest BCUT2D eigenvalue weighted by atomic mass is 16.5. The van der Waals surface area contributed by atoms with Crippen molar-refractivity contribution in [1.82, 2.24) is 0 Å². The lowest BCUT2D eigenvalue weighted by Gasteiger charge is -2.27. The van der Waals surface area contributed by atoms with Gasteiger partial charge in [-0.2, -0.15) is 0 Å². The zero-order valence-electron chi connectivity index (χ0n) is 23.2. The predicted molar refractivity (Wildman–Crippen MR) is 156 cm³/mol. The fourth-order valence-electron chi connectivity index (χ4n) is 6.98. The Balaban J connectivity index is 1.59. The third kappa shape index (κ3) is 3.48. The van der Waals surface area contributed by atoms with Crippen molar-refractivity contribution in [2.75, 3.05) is 13.2 Å². The summed E-state index contributed by atoms with van der Waals surface area (Å²) >= 11 is 0. The number of pyridine rings is 1. The molecule has 0 amide bonds. The lowest BCUT2D eigenvalue weighted by atomic mass is 9.83. The molecule has 0 spiro atoms. The van der Waals surface area contributed by atoms with Gasteiger partial charge in [0.25, 0.3) is 0 Å². The molecule has 7 rings (SSSR count). The smallest absolute Gasteiger partial charge is 0.228 e. The van der Waals surface area contributed by atoms with Crippen molar-refractivity contribution >= 4 is 32.3 Å². The van der Waals surface area contributed by atoms with E-state index in [0.29, 0.717) is 11.8 Å².